The second kappa shape index (κ2) is 5.67. The molecular formula is C19H26N4O3. The molecule has 0 radical (unpaired) electrons. The number of hydrogen-bond donors (Lipinski definition) is 2. The number of carboxylic acid groups (broad SMARTS) is 1. The van der Waals surface area contributed by atoms with Gasteiger partial charge in [0.05, 0.1) is 6.04 Å². The number of nitrogens with one attached hydrogen (secondary N) is 1. The van der Waals surface area contributed by atoms with E-state index < -0.39 is 5.97 Å². The van der Waals surface area contributed by atoms with E-state index in [9.17, 15) is 9.59 Å². The third-order valence-electron chi connectivity index (χ3n) is 7.37. The molecule has 2 N–H and O–H groups in total. The molecule has 0 aromatic heterocycles. The molecule has 0 spiro atoms. The van der Waals surface area contributed by atoms with E-state index in [0.717, 1.165) is 31.6 Å². The van der Waals surface area contributed by atoms with E-state index in [2.05, 4.69) is 10.2 Å². The largest absolute Gasteiger partial charge is 0.480 e. The first-order valence-corrected chi connectivity index (χ1v) is 9.87. The molecule has 3 aliphatic heterocycles. The zero-order valence-corrected chi connectivity index (χ0v) is 15.0. The Morgan fingerprint density at radius 1 is 1.04 bits per heavy atom. The summed E-state index contributed by atoms with van der Waals surface area (Å²) < 4.78 is 0. The van der Waals surface area contributed by atoms with Gasteiger partial charge in [-0.1, -0.05) is 0 Å². The summed E-state index contributed by atoms with van der Waals surface area (Å²) in [6.45, 7) is 7.16. The minimum absolute atomic E-state index is 0.0207. The number of rotatable bonds is 2. The predicted molar refractivity (Wildman–Crippen MR) is 92.9 cm³/mol. The van der Waals surface area contributed by atoms with Crippen molar-refractivity contribution in [3.63, 3.8) is 0 Å². The van der Waals surface area contributed by atoms with Crippen molar-refractivity contribution in [2.45, 2.75) is 74.9 Å². The Labute approximate surface area is 153 Å². The maximum absolute atomic E-state index is 12.3. The van der Waals surface area contributed by atoms with Gasteiger partial charge in [-0.15, -0.1) is 0 Å². The van der Waals surface area contributed by atoms with Crippen LogP contribution in [0.4, 0.5) is 0 Å². The summed E-state index contributed by atoms with van der Waals surface area (Å²) in [5, 5.41) is 12.1. The monoisotopic (exact) mass is 358 g/mol. The molecule has 9 unspecified atom stereocenters. The van der Waals surface area contributed by atoms with E-state index in [4.69, 9.17) is 11.7 Å². The molecule has 1 amide bonds. The average Bonchev–Trinajstić information content (AvgIpc) is 3.59. The fourth-order valence-corrected chi connectivity index (χ4v) is 5.49. The summed E-state index contributed by atoms with van der Waals surface area (Å²) in [6.07, 6.45) is 6.24. The Morgan fingerprint density at radius 3 is 2.31 bits per heavy atom. The van der Waals surface area contributed by atoms with Crippen LogP contribution in [0.5, 0.6) is 0 Å². The standard InChI is InChI=1S/C12H15N3O.C7H11NO2/c1-13-11-5-7-4-10(7)15(11)12(16)9-3-6-2-8(6)14-9;1-8-5-2-4(5)3-6(8)7(9)10/h6-11,14H,2-5H2;4-6H,2-3H2,1H3,(H,9,10). The van der Waals surface area contributed by atoms with Gasteiger partial charge in [0.25, 0.3) is 0 Å². The van der Waals surface area contributed by atoms with Crippen LogP contribution in [0.25, 0.3) is 4.85 Å². The molecule has 9 atom stereocenters. The fourth-order valence-electron chi connectivity index (χ4n) is 5.49. The van der Waals surface area contributed by atoms with E-state index in [1.54, 1.807) is 0 Å². The Hall–Kier alpha value is -1.65. The smallest absolute Gasteiger partial charge is 0.320 e. The van der Waals surface area contributed by atoms with Crippen LogP contribution < -0.4 is 5.32 Å². The van der Waals surface area contributed by atoms with E-state index in [1.165, 1.54) is 12.8 Å². The van der Waals surface area contributed by atoms with Crippen LogP contribution in [-0.4, -0.2) is 70.2 Å². The summed E-state index contributed by atoms with van der Waals surface area (Å²) >= 11 is 0. The normalized spacial score (nSPS) is 49.2. The molecule has 3 saturated heterocycles. The lowest BCUT2D eigenvalue weighted by atomic mass is 10.1. The lowest BCUT2D eigenvalue weighted by Crippen LogP contribution is -2.47. The second-order valence-corrected chi connectivity index (χ2v) is 9.03. The van der Waals surface area contributed by atoms with Crippen LogP contribution in [0, 0.1) is 24.3 Å². The van der Waals surface area contributed by atoms with Gasteiger partial charge in [0.2, 0.25) is 5.91 Å². The highest BCUT2D eigenvalue weighted by molar-refractivity contribution is 5.84. The quantitative estimate of drug-likeness (QED) is 0.713. The molecule has 0 bridgehead atoms. The minimum Gasteiger partial charge on any atom is -0.480 e. The summed E-state index contributed by atoms with van der Waals surface area (Å²) in [6, 6.07) is 1.44. The SMILES string of the molecule is CN1C(C(=O)O)CC2CC21.[C-]#[N+]C1CC2CC2N1C(=O)C1CC2CC2N1. The van der Waals surface area contributed by atoms with Gasteiger partial charge in [0.15, 0.2) is 0 Å². The van der Waals surface area contributed by atoms with Crippen molar-refractivity contribution in [2.75, 3.05) is 7.05 Å². The minimum atomic E-state index is -0.658. The lowest BCUT2D eigenvalue weighted by molar-refractivity contribution is -0.142. The second-order valence-electron chi connectivity index (χ2n) is 9.03. The number of fused-ring (bicyclic) bond motifs is 3. The maximum atomic E-state index is 12.3. The van der Waals surface area contributed by atoms with Crippen molar-refractivity contribution in [1.29, 1.82) is 0 Å². The first kappa shape index (κ1) is 16.5. The van der Waals surface area contributed by atoms with Gasteiger partial charge >= 0.3 is 12.1 Å². The van der Waals surface area contributed by atoms with E-state index >= 15 is 0 Å². The fraction of sp³-hybridized carbons (Fsp3) is 0.842. The molecule has 7 heteroatoms. The van der Waals surface area contributed by atoms with Crippen LogP contribution >= 0.6 is 0 Å². The van der Waals surface area contributed by atoms with Crippen LogP contribution in [0.2, 0.25) is 0 Å². The third-order valence-corrected chi connectivity index (χ3v) is 7.37. The van der Waals surface area contributed by atoms with Crippen LogP contribution in [-0.2, 0) is 9.59 Å². The zero-order valence-electron chi connectivity index (χ0n) is 15.0. The van der Waals surface area contributed by atoms with Crippen molar-refractivity contribution in [1.82, 2.24) is 15.1 Å². The molecule has 3 heterocycles. The topological polar surface area (TPSA) is 77.2 Å². The predicted octanol–water partition coefficient (Wildman–Crippen LogP) is 0.767. The van der Waals surface area contributed by atoms with Crippen LogP contribution in [0.15, 0.2) is 0 Å². The third kappa shape index (κ3) is 2.62. The highest BCUT2D eigenvalue weighted by atomic mass is 16.4. The Balaban J connectivity index is 0.000000129. The molecule has 6 rings (SSSR count). The number of piperidine rings is 3. The van der Waals surface area contributed by atoms with E-state index in [1.807, 2.05) is 16.8 Å². The zero-order chi connectivity index (χ0) is 18.2. The first-order valence-electron chi connectivity index (χ1n) is 9.87. The number of carbonyl (C=O) groups excluding carboxylic acids is 1. The van der Waals surface area contributed by atoms with E-state index in [-0.39, 0.29) is 24.2 Å². The number of likely N-dealkylation sites (N-methyl/N-ethyl adjacent to an activating group) is 1. The molecule has 0 aromatic rings. The van der Waals surface area contributed by atoms with Gasteiger partial charge in [-0.25, -0.2) is 6.57 Å². The molecule has 6 aliphatic rings. The van der Waals surface area contributed by atoms with Crippen molar-refractivity contribution in [3.8, 4) is 0 Å². The molecule has 26 heavy (non-hydrogen) atoms. The van der Waals surface area contributed by atoms with Crippen LogP contribution in [0.1, 0.15) is 38.5 Å². The number of likely N-dealkylation sites (tertiary alicyclic amines) is 2. The molecule has 7 nitrogen and oxygen atoms in total. The van der Waals surface area contributed by atoms with Crippen molar-refractivity contribution >= 4 is 11.9 Å². The average molecular weight is 358 g/mol. The number of carboxylic acids is 1. The highest BCUT2D eigenvalue weighted by Gasteiger charge is 2.59. The molecule has 3 saturated carbocycles. The molecule has 140 valence electrons. The number of nitrogens with zero attached hydrogens (tertiary/aromatic N) is 3. The van der Waals surface area contributed by atoms with E-state index in [0.29, 0.717) is 30.0 Å². The number of aliphatic carboxylic acids is 1. The number of hydrogen-bond acceptors (Lipinski definition) is 4. The summed E-state index contributed by atoms with van der Waals surface area (Å²) in [7, 11) is 1.91. The van der Waals surface area contributed by atoms with Gasteiger partial charge in [-0.2, -0.15) is 0 Å². The molecule has 6 fully saturated rings. The summed E-state index contributed by atoms with van der Waals surface area (Å²) in [4.78, 5) is 30.4. The van der Waals surface area contributed by atoms with Gasteiger partial charge in [-0.3, -0.25) is 24.2 Å². The van der Waals surface area contributed by atoms with Gasteiger partial charge < -0.3 is 10.4 Å². The molecular weight excluding hydrogens is 332 g/mol. The number of carbonyl (C=O) groups is 2. The van der Waals surface area contributed by atoms with Gasteiger partial charge in [0, 0.05) is 24.5 Å². The van der Waals surface area contributed by atoms with Crippen molar-refractivity contribution in [3.05, 3.63) is 11.4 Å². The lowest BCUT2D eigenvalue weighted by Gasteiger charge is -2.23. The first-order chi connectivity index (χ1) is 12.5. The Bertz CT molecular complexity index is 681. The van der Waals surface area contributed by atoms with Crippen LogP contribution in [0.3, 0.4) is 0 Å². The Morgan fingerprint density at radius 2 is 1.77 bits per heavy atom. The maximum Gasteiger partial charge on any atom is 0.320 e. The van der Waals surface area contributed by atoms with Gasteiger partial charge in [-0.05, 0) is 56.9 Å². The molecule has 0 aromatic carbocycles. The Kier molecular flexibility index (Phi) is 3.60. The molecule has 3 aliphatic carbocycles. The van der Waals surface area contributed by atoms with Crippen molar-refractivity contribution in [2.24, 2.45) is 17.8 Å². The summed E-state index contributed by atoms with van der Waals surface area (Å²) in [5.41, 5.74) is 0. The highest BCUT2D eigenvalue weighted by Crippen LogP contribution is 2.50. The summed E-state index contributed by atoms with van der Waals surface area (Å²) in [5.74, 6) is 1.64. The van der Waals surface area contributed by atoms with Crippen molar-refractivity contribution < 1.29 is 14.7 Å². The van der Waals surface area contributed by atoms with Gasteiger partial charge in [0.1, 0.15) is 6.04 Å². The number of amides is 1.